The van der Waals surface area contributed by atoms with E-state index in [-0.39, 0.29) is 11.7 Å². The summed E-state index contributed by atoms with van der Waals surface area (Å²) in [5.74, 6) is 1.52. The lowest BCUT2D eigenvalue weighted by Gasteiger charge is -2.07. The Balaban J connectivity index is 1.29. The SMILES string of the molecule is Cc1ccc(OCc2nnc(SCC(=O)Nc3nc(-c4ccc(Br)cc4)cs3)n2C)cc1. The van der Waals surface area contributed by atoms with Crippen LogP contribution < -0.4 is 10.1 Å². The molecule has 4 rings (SSSR count). The molecule has 0 bridgehead atoms. The number of thioether (sulfide) groups is 1. The first-order chi connectivity index (χ1) is 15.5. The topological polar surface area (TPSA) is 81.9 Å². The monoisotopic (exact) mass is 529 g/mol. The van der Waals surface area contributed by atoms with Crippen LogP contribution in [-0.2, 0) is 18.4 Å². The minimum Gasteiger partial charge on any atom is -0.486 e. The molecule has 0 unspecified atom stereocenters. The molecule has 4 aromatic rings. The van der Waals surface area contributed by atoms with Gasteiger partial charge in [-0.25, -0.2) is 4.98 Å². The zero-order valence-corrected chi connectivity index (χ0v) is 20.6. The maximum absolute atomic E-state index is 12.4. The Hall–Kier alpha value is -2.69. The van der Waals surface area contributed by atoms with Gasteiger partial charge in [-0.1, -0.05) is 57.5 Å². The molecule has 0 saturated carbocycles. The van der Waals surface area contributed by atoms with Crippen molar-refractivity contribution in [2.45, 2.75) is 18.7 Å². The zero-order chi connectivity index (χ0) is 22.5. The van der Waals surface area contributed by atoms with Crippen LogP contribution in [0.1, 0.15) is 11.4 Å². The second-order valence-electron chi connectivity index (χ2n) is 6.94. The number of nitrogens with one attached hydrogen (secondary N) is 1. The second-order valence-corrected chi connectivity index (χ2v) is 9.66. The lowest BCUT2D eigenvalue weighted by molar-refractivity contribution is -0.113. The maximum Gasteiger partial charge on any atom is 0.236 e. The van der Waals surface area contributed by atoms with Crippen molar-refractivity contribution >= 4 is 50.1 Å². The summed E-state index contributed by atoms with van der Waals surface area (Å²) in [5.41, 5.74) is 3.01. The molecule has 2 heterocycles. The van der Waals surface area contributed by atoms with Crippen LogP contribution >= 0.6 is 39.0 Å². The lowest BCUT2D eigenvalue weighted by Crippen LogP contribution is -2.14. The third kappa shape index (κ3) is 5.76. The third-order valence-corrected chi connectivity index (χ3v) is 6.84. The van der Waals surface area contributed by atoms with E-state index in [9.17, 15) is 4.79 Å². The van der Waals surface area contributed by atoms with E-state index in [2.05, 4.69) is 36.4 Å². The van der Waals surface area contributed by atoms with Crippen LogP contribution in [0.5, 0.6) is 5.75 Å². The van der Waals surface area contributed by atoms with Crippen molar-refractivity contribution in [1.29, 1.82) is 0 Å². The van der Waals surface area contributed by atoms with Crippen LogP contribution in [0.2, 0.25) is 0 Å². The van der Waals surface area contributed by atoms with Gasteiger partial charge in [0.15, 0.2) is 16.1 Å². The van der Waals surface area contributed by atoms with E-state index in [0.29, 0.717) is 22.7 Å². The number of thiazole rings is 1. The van der Waals surface area contributed by atoms with Crippen molar-refractivity contribution in [1.82, 2.24) is 19.7 Å². The summed E-state index contributed by atoms with van der Waals surface area (Å²) in [6.07, 6.45) is 0. The first-order valence-corrected chi connectivity index (χ1v) is 12.4. The van der Waals surface area contributed by atoms with E-state index in [1.807, 2.05) is 72.4 Å². The van der Waals surface area contributed by atoms with Crippen molar-refractivity contribution in [3.8, 4) is 17.0 Å². The van der Waals surface area contributed by atoms with Gasteiger partial charge in [-0.2, -0.15) is 0 Å². The number of carbonyl (C=O) groups is 1. The number of amides is 1. The number of halogens is 1. The molecule has 0 fully saturated rings. The number of carbonyl (C=O) groups excluding carboxylic acids is 1. The van der Waals surface area contributed by atoms with E-state index >= 15 is 0 Å². The minimum atomic E-state index is -0.146. The first-order valence-electron chi connectivity index (χ1n) is 9.70. The predicted octanol–water partition coefficient (Wildman–Crippen LogP) is 5.32. The average molecular weight is 530 g/mol. The number of ether oxygens (including phenoxy) is 1. The standard InChI is InChI=1S/C22H20BrN5O2S2/c1-14-3-9-17(10-4-14)30-11-19-26-27-22(28(19)2)32-13-20(29)25-21-24-18(12-31-21)15-5-7-16(23)8-6-15/h3-10,12H,11,13H2,1-2H3,(H,24,25,29). The third-order valence-electron chi connectivity index (χ3n) is 4.54. The molecule has 2 aromatic carbocycles. The second kappa shape index (κ2) is 10.3. The van der Waals surface area contributed by atoms with Gasteiger partial charge in [-0.3, -0.25) is 4.79 Å². The molecule has 0 radical (unpaired) electrons. The summed E-state index contributed by atoms with van der Waals surface area (Å²) in [7, 11) is 1.86. The van der Waals surface area contributed by atoms with Gasteiger partial charge in [0.05, 0.1) is 11.4 Å². The number of rotatable bonds is 8. The van der Waals surface area contributed by atoms with Gasteiger partial charge in [-0.15, -0.1) is 21.5 Å². The van der Waals surface area contributed by atoms with Gasteiger partial charge in [0.1, 0.15) is 12.4 Å². The van der Waals surface area contributed by atoms with E-state index in [1.165, 1.54) is 28.7 Å². The predicted molar refractivity (Wildman–Crippen MR) is 131 cm³/mol. The Morgan fingerprint density at radius 2 is 1.91 bits per heavy atom. The minimum absolute atomic E-state index is 0.146. The molecule has 32 heavy (non-hydrogen) atoms. The number of aromatic nitrogens is 4. The molecule has 0 spiro atoms. The lowest BCUT2D eigenvalue weighted by atomic mass is 10.2. The fraction of sp³-hybridized carbons (Fsp3) is 0.182. The molecule has 164 valence electrons. The van der Waals surface area contributed by atoms with Gasteiger partial charge in [0, 0.05) is 22.5 Å². The number of hydrogen-bond donors (Lipinski definition) is 1. The molecular weight excluding hydrogens is 510 g/mol. The first kappa shape index (κ1) is 22.5. The summed E-state index contributed by atoms with van der Waals surface area (Å²) < 4.78 is 8.61. The summed E-state index contributed by atoms with van der Waals surface area (Å²) in [6, 6.07) is 15.7. The molecule has 1 N–H and O–H groups in total. The van der Waals surface area contributed by atoms with Gasteiger partial charge in [0.2, 0.25) is 5.91 Å². The van der Waals surface area contributed by atoms with Crippen LogP contribution in [0.3, 0.4) is 0 Å². The molecule has 0 aliphatic carbocycles. The van der Waals surface area contributed by atoms with E-state index in [0.717, 1.165) is 21.5 Å². The molecule has 0 saturated heterocycles. The smallest absolute Gasteiger partial charge is 0.236 e. The highest BCUT2D eigenvalue weighted by atomic mass is 79.9. The Bertz CT molecular complexity index is 1210. The zero-order valence-electron chi connectivity index (χ0n) is 17.4. The molecule has 0 atom stereocenters. The quantitative estimate of drug-likeness (QED) is 0.311. The van der Waals surface area contributed by atoms with E-state index in [1.54, 1.807) is 0 Å². The van der Waals surface area contributed by atoms with Gasteiger partial charge >= 0.3 is 0 Å². The Labute approximate surface area is 202 Å². The van der Waals surface area contributed by atoms with Crippen LogP contribution in [0.15, 0.2) is 63.5 Å². The molecule has 7 nitrogen and oxygen atoms in total. The summed E-state index contributed by atoms with van der Waals surface area (Å²) in [4.78, 5) is 16.9. The summed E-state index contributed by atoms with van der Waals surface area (Å²) >= 11 is 6.14. The molecule has 2 aromatic heterocycles. The number of anilines is 1. The summed E-state index contributed by atoms with van der Waals surface area (Å²) in [6.45, 7) is 2.33. The van der Waals surface area contributed by atoms with E-state index in [4.69, 9.17) is 4.74 Å². The highest BCUT2D eigenvalue weighted by Gasteiger charge is 2.13. The van der Waals surface area contributed by atoms with Gasteiger partial charge in [-0.05, 0) is 31.2 Å². The Morgan fingerprint density at radius 3 is 2.66 bits per heavy atom. The molecule has 1 amide bonds. The average Bonchev–Trinajstić information content (AvgIpc) is 3.39. The number of aryl methyl sites for hydroxylation is 1. The fourth-order valence-corrected chi connectivity index (χ4v) is 4.48. The van der Waals surface area contributed by atoms with E-state index < -0.39 is 0 Å². The van der Waals surface area contributed by atoms with Crippen LogP contribution in [0.4, 0.5) is 5.13 Å². The van der Waals surface area contributed by atoms with Crippen molar-refractivity contribution in [3.05, 3.63) is 69.8 Å². The highest BCUT2D eigenvalue weighted by molar-refractivity contribution is 9.10. The number of hydrogen-bond acceptors (Lipinski definition) is 7. The summed E-state index contributed by atoms with van der Waals surface area (Å²) in [5, 5.41) is 14.3. The van der Waals surface area contributed by atoms with Gasteiger partial charge in [0.25, 0.3) is 0 Å². The molecular formula is C22H20BrN5O2S2. The van der Waals surface area contributed by atoms with Crippen molar-refractivity contribution in [3.63, 3.8) is 0 Å². The van der Waals surface area contributed by atoms with Gasteiger partial charge < -0.3 is 14.6 Å². The van der Waals surface area contributed by atoms with Crippen molar-refractivity contribution < 1.29 is 9.53 Å². The highest BCUT2D eigenvalue weighted by Crippen LogP contribution is 2.26. The fourth-order valence-electron chi connectivity index (χ4n) is 2.75. The molecule has 10 heteroatoms. The molecule has 0 aliphatic rings. The molecule has 0 aliphatic heterocycles. The largest absolute Gasteiger partial charge is 0.486 e. The Morgan fingerprint density at radius 1 is 1.16 bits per heavy atom. The van der Waals surface area contributed by atoms with Crippen molar-refractivity contribution in [2.75, 3.05) is 11.1 Å². The normalized spacial score (nSPS) is 10.8. The number of benzene rings is 2. The number of nitrogens with zero attached hydrogens (tertiary/aromatic N) is 4. The van der Waals surface area contributed by atoms with Crippen LogP contribution in [0.25, 0.3) is 11.3 Å². The Kier molecular flexibility index (Phi) is 7.23. The van der Waals surface area contributed by atoms with Crippen molar-refractivity contribution in [2.24, 2.45) is 7.05 Å². The van der Waals surface area contributed by atoms with Crippen LogP contribution in [-0.4, -0.2) is 31.4 Å². The van der Waals surface area contributed by atoms with Crippen LogP contribution in [0, 0.1) is 6.92 Å². The maximum atomic E-state index is 12.4.